The van der Waals surface area contributed by atoms with Gasteiger partial charge in [-0.1, -0.05) is 17.7 Å². The minimum absolute atomic E-state index is 0.280. The number of rotatable bonds is 6. The zero-order valence-electron chi connectivity index (χ0n) is 11.7. The number of hydrogen-bond acceptors (Lipinski definition) is 3. The highest BCUT2D eigenvalue weighted by atomic mass is 32.2. The van der Waals surface area contributed by atoms with Crippen molar-refractivity contribution in [1.82, 2.24) is 4.72 Å². The molecule has 3 nitrogen and oxygen atoms in total. The Bertz CT molecular complexity index is 490. The van der Waals surface area contributed by atoms with E-state index in [1.54, 1.807) is 0 Å². The molecular weight excluding hydrogens is 268 g/mol. The van der Waals surface area contributed by atoms with Gasteiger partial charge in [-0.25, -0.2) is 0 Å². The lowest BCUT2D eigenvalue weighted by molar-refractivity contribution is 0.355. The fourth-order valence-electron chi connectivity index (χ4n) is 2.93. The molecule has 0 saturated heterocycles. The van der Waals surface area contributed by atoms with E-state index in [9.17, 15) is 9.81 Å². The topological polar surface area (TPSA) is 58.9 Å². The molecule has 2 aliphatic carbocycles. The summed E-state index contributed by atoms with van der Waals surface area (Å²) in [4.78, 5) is 0.751. The van der Waals surface area contributed by atoms with Crippen LogP contribution in [0.2, 0.25) is 0 Å². The minimum atomic E-state index is -1.29. The van der Waals surface area contributed by atoms with E-state index >= 15 is 0 Å². The standard InChI is InChI=1S/C16H20N2OS/c1-11-2-8-14(9-3-11)20(19)18-15(10-17)16(12-4-5-12)13-6-7-13/h2-3,8-9,12-13,15-16,18H,4-7H2,1H3/t15-,20?/m1/s1. The maximum atomic E-state index is 12.4. The van der Waals surface area contributed by atoms with Gasteiger partial charge in [0, 0.05) is 0 Å². The second-order valence-electron chi connectivity index (χ2n) is 6.06. The van der Waals surface area contributed by atoms with Crippen LogP contribution in [0.25, 0.3) is 0 Å². The predicted octanol–water partition coefficient (Wildman–Crippen LogP) is 2.94. The van der Waals surface area contributed by atoms with Gasteiger partial charge in [0.1, 0.15) is 6.04 Å². The second-order valence-corrected chi connectivity index (χ2v) is 7.30. The van der Waals surface area contributed by atoms with E-state index in [0.29, 0.717) is 17.8 Å². The first-order valence-corrected chi connectivity index (χ1v) is 8.48. The normalized spacial score (nSPS) is 21.5. The van der Waals surface area contributed by atoms with E-state index in [-0.39, 0.29) is 6.04 Å². The van der Waals surface area contributed by atoms with Crippen molar-refractivity contribution in [2.24, 2.45) is 17.8 Å². The first-order valence-electron chi connectivity index (χ1n) is 7.33. The minimum Gasteiger partial charge on any atom is -0.593 e. The molecule has 0 bridgehead atoms. The molecule has 2 saturated carbocycles. The monoisotopic (exact) mass is 288 g/mol. The van der Waals surface area contributed by atoms with Gasteiger partial charge in [0.2, 0.25) is 0 Å². The van der Waals surface area contributed by atoms with Crippen LogP contribution in [0.1, 0.15) is 31.2 Å². The highest BCUT2D eigenvalue weighted by molar-refractivity contribution is 7.89. The summed E-state index contributed by atoms with van der Waals surface area (Å²) in [6.07, 6.45) is 4.94. The summed E-state index contributed by atoms with van der Waals surface area (Å²) >= 11 is -1.29. The molecule has 1 N–H and O–H groups in total. The average Bonchev–Trinajstić information content (AvgIpc) is 3.33. The Labute approximate surface area is 123 Å². The van der Waals surface area contributed by atoms with Gasteiger partial charge in [-0.2, -0.15) is 5.26 Å². The summed E-state index contributed by atoms with van der Waals surface area (Å²) in [6.45, 7) is 2.01. The van der Waals surface area contributed by atoms with Gasteiger partial charge in [-0.15, -0.1) is 4.72 Å². The molecule has 106 valence electrons. The Morgan fingerprint density at radius 1 is 1.20 bits per heavy atom. The molecule has 20 heavy (non-hydrogen) atoms. The number of hydrogen-bond donors (Lipinski definition) is 1. The molecule has 0 aromatic heterocycles. The van der Waals surface area contributed by atoms with E-state index in [1.807, 2.05) is 31.2 Å². The predicted molar refractivity (Wildman–Crippen MR) is 79.1 cm³/mol. The summed E-state index contributed by atoms with van der Waals surface area (Å²) in [5, 5.41) is 9.44. The summed E-state index contributed by atoms with van der Waals surface area (Å²) in [7, 11) is 0. The highest BCUT2D eigenvalue weighted by Gasteiger charge is 2.47. The molecule has 1 aromatic carbocycles. The molecule has 0 aliphatic heterocycles. The maximum Gasteiger partial charge on any atom is 0.173 e. The first kappa shape index (κ1) is 13.9. The van der Waals surface area contributed by atoms with Crippen LogP contribution in [0, 0.1) is 36.0 Å². The van der Waals surface area contributed by atoms with Gasteiger partial charge in [0.25, 0.3) is 0 Å². The lowest BCUT2D eigenvalue weighted by atomic mass is 9.91. The van der Waals surface area contributed by atoms with Crippen molar-refractivity contribution >= 4 is 11.4 Å². The summed E-state index contributed by atoms with van der Waals surface area (Å²) in [6, 6.07) is 9.72. The van der Waals surface area contributed by atoms with Crippen molar-refractivity contribution in [2.45, 2.75) is 43.5 Å². The van der Waals surface area contributed by atoms with Crippen molar-refractivity contribution in [3.8, 4) is 6.07 Å². The third kappa shape index (κ3) is 3.17. The third-order valence-corrected chi connectivity index (χ3v) is 5.49. The second kappa shape index (κ2) is 5.77. The van der Waals surface area contributed by atoms with Gasteiger partial charge in [-0.3, -0.25) is 0 Å². The van der Waals surface area contributed by atoms with Crippen molar-refractivity contribution in [1.29, 1.82) is 5.26 Å². The maximum absolute atomic E-state index is 12.4. The lowest BCUT2D eigenvalue weighted by Crippen LogP contribution is -2.41. The number of nitrogens with one attached hydrogen (secondary N) is 1. The highest BCUT2D eigenvalue weighted by Crippen LogP contribution is 2.50. The molecule has 0 radical (unpaired) electrons. The fraction of sp³-hybridized carbons (Fsp3) is 0.562. The zero-order chi connectivity index (χ0) is 14.1. The SMILES string of the molecule is Cc1ccc([S+]([O-])N[C@H](C#N)C(C2CC2)C2CC2)cc1. The van der Waals surface area contributed by atoms with Crippen molar-refractivity contribution < 1.29 is 4.55 Å². The summed E-state index contributed by atoms with van der Waals surface area (Å²) in [5.41, 5.74) is 1.15. The van der Waals surface area contributed by atoms with Gasteiger partial charge in [0.05, 0.1) is 17.4 Å². The molecule has 0 heterocycles. The Morgan fingerprint density at radius 2 is 1.75 bits per heavy atom. The Hall–Kier alpha value is -1.02. The van der Waals surface area contributed by atoms with E-state index in [1.165, 1.54) is 25.7 Å². The molecule has 2 aliphatic rings. The molecule has 2 fully saturated rings. The van der Waals surface area contributed by atoms with Gasteiger partial charge < -0.3 is 4.55 Å². The smallest absolute Gasteiger partial charge is 0.173 e. The van der Waals surface area contributed by atoms with E-state index in [2.05, 4.69) is 10.8 Å². The Morgan fingerprint density at radius 3 is 2.20 bits per heavy atom. The lowest BCUT2D eigenvalue weighted by Gasteiger charge is -2.23. The van der Waals surface area contributed by atoms with Gasteiger partial charge >= 0.3 is 0 Å². The fourth-order valence-corrected chi connectivity index (χ4v) is 3.89. The first-order chi connectivity index (χ1) is 9.69. The average molecular weight is 288 g/mol. The van der Waals surface area contributed by atoms with Crippen molar-refractivity contribution in [2.75, 3.05) is 0 Å². The molecule has 1 aromatic rings. The number of aryl methyl sites for hydroxylation is 1. The zero-order valence-corrected chi connectivity index (χ0v) is 12.5. The number of nitrogens with zero attached hydrogens (tertiary/aromatic N) is 1. The van der Waals surface area contributed by atoms with Crippen LogP contribution in [0.15, 0.2) is 29.2 Å². The summed E-state index contributed by atoms with van der Waals surface area (Å²) in [5.74, 6) is 1.75. The molecule has 3 rings (SSSR count). The summed E-state index contributed by atoms with van der Waals surface area (Å²) < 4.78 is 15.4. The van der Waals surface area contributed by atoms with Crippen LogP contribution in [0.5, 0.6) is 0 Å². The van der Waals surface area contributed by atoms with E-state index in [0.717, 1.165) is 10.5 Å². The van der Waals surface area contributed by atoms with Crippen LogP contribution >= 0.6 is 0 Å². The van der Waals surface area contributed by atoms with Crippen LogP contribution in [-0.4, -0.2) is 10.6 Å². The quantitative estimate of drug-likeness (QED) is 0.819. The third-order valence-electron chi connectivity index (χ3n) is 4.33. The van der Waals surface area contributed by atoms with Crippen LogP contribution < -0.4 is 4.72 Å². The Balaban J connectivity index is 1.67. The van der Waals surface area contributed by atoms with E-state index < -0.39 is 11.4 Å². The Kier molecular flexibility index (Phi) is 4.02. The molecule has 2 atom stereocenters. The molecule has 1 unspecified atom stereocenters. The van der Waals surface area contributed by atoms with Crippen molar-refractivity contribution in [3.05, 3.63) is 29.8 Å². The van der Waals surface area contributed by atoms with Crippen LogP contribution in [-0.2, 0) is 11.4 Å². The molecular formula is C16H20N2OS. The van der Waals surface area contributed by atoms with Crippen LogP contribution in [0.4, 0.5) is 0 Å². The molecule has 0 amide bonds. The van der Waals surface area contributed by atoms with Gasteiger partial charge in [0.15, 0.2) is 4.90 Å². The number of nitriles is 1. The molecule has 0 spiro atoms. The molecule has 4 heteroatoms. The van der Waals surface area contributed by atoms with Gasteiger partial charge in [-0.05, 0) is 62.5 Å². The van der Waals surface area contributed by atoms with Crippen molar-refractivity contribution in [3.63, 3.8) is 0 Å². The van der Waals surface area contributed by atoms with Crippen LogP contribution in [0.3, 0.4) is 0 Å². The number of benzene rings is 1. The largest absolute Gasteiger partial charge is 0.593 e. The van der Waals surface area contributed by atoms with E-state index in [4.69, 9.17) is 0 Å².